The van der Waals surface area contributed by atoms with Gasteiger partial charge in [0.2, 0.25) is 0 Å². The first-order valence-corrected chi connectivity index (χ1v) is 9.11. The number of anilines is 1. The fourth-order valence-corrected chi connectivity index (χ4v) is 3.42. The van der Waals surface area contributed by atoms with Gasteiger partial charge in [0.15, 0.2) is 0 Å². The number of aliphatic hydroxyl groups is 1. The molecule has 0 spiro atoms. The van der Waals surface area contributed by atoms with Crippen LogP contribution in [0, 0.1) is 15.9 Å². The fourth-order valence-electron chi connectivity index (χ4n) is 3.42. The number of carbonyl (C=O) groups is 2. The van der Waals surface area contributed by atoms with Gasteiger partial charge in [0.05, 0.1) is 16.5 Å². The zero-order chi connectivity index (χ0) is 22.1. The molecule has 154 valence electrons. The highest BCUT2D eigenvalue weighted by atomic mass is 19.1. The van der Waals surface area contributed by atoms with E-state index in [1.54, 1.807) is 12.1 Å². The van der Waals surface area contributed by atoms with Crippen molar-refractivity contribution < 1.29 is 24.0 Å². The van der Waals surface area contributed by atoms with Crippen LogP contribution in [-0.4, -0.2) is 26.7 Å². The predicted molar refractivity (Wildman–Crippen MR) is 109 cm³/mol. The lowest BCUT2D eigenvalue weighted by molar-refractivity contribution is -0.384. The van der Waals surface area contributed by atoms with Gasteiger partial charge in [0.1, 0.15) is 17.4 Å². The van der Waals surface area contributed by atoms with Gasteiger partial charge in [0.25, 0.3) is 11.5 Å². The molecule has 1 saturated heterocycles. The summed E-state index contributed by atoms with van der Waals surface area (Å²) >= 11 is 0. The largest absolute Gasteiger partial charge is 0.507 e. The van der Waals surface area contributed by atoms with Crippen LogP contribution in [0.1, 0.15) is 17.2 Å². The highest BCUT2D eigenvalue weighted by Crippen LogP contribution is 2.41. The molecular weight excluding hydrogens is 405 g/mol. The molecule has 0 bridgehead atoms. The molecule has 1 aliphatic rings. The van der Waals surface area contributed by atoms with E-state index in [1.165, 1.54) is 60.8 Å². The lowest BCUT2D eigenvalue weighted by Crippen LogP contribution is -2.30. The zero-order valence-corrected chi connectivity index (χ0v) is 15.8. The van der Waals surface area contributed by atoms with Crippen LogP contribution in [-0.2, 0) is 9.59 Å². The Morgan fingerprint density at radius 3 is 2.29 bits per heavy atom. The van der Waals surface area contributed by atoms with Crippen molar-refractivity contribution in [2.75, 3.05) is 4.90 Å². The van der Waals surface area contributed by atoms with Gasteiger partial charge in [-0.25, -0.2) is 9.37 Å². The summed E-state index contributed by atoms with van der Waals surface area (Å²) in [4.78, 5) is 41.3. The first kappa shape index (κ1) is 19.9. The number of benzene rings is 2. The quantitative estimate of drug-likeness (QED) is 0.226. The summed E-state index contributed by atoms with van der Waals surface area (Å²) in [6.07, 6.45) is 1.45. The SMILES string of the molecule is O=C1C(=O)N(c2ccccn2)[C@H](c2ccc(F)cc2)C1=C(O)c1ccc([N+](=O)[O-])cc1. The third-order valence-electron chi connectivity index (χ3n) is 4.88. The predicted octanol–water partition coefficient (Wildman–Crippen LogP) is 3.76. The van der Waals surface area contributed by atoms with Crippen molar-refractivity contribution in [2.45, 2.75) is 6.04 Å². The Balaban J connectivity index is 1.91. The Morgan fingerprint density at radius 1 is 1.03 bits per heavy atom. The van der Waals surface area contributed by atoms with Crippen LogP contribution in [0.25, 0.3) is 5.76 Å². The van der Waals surface area contributed by atoms with Gasteiger partial charge in [-0.2, -0.15) is 0 Å². The lowest BCUT2D eigenvalue weighted by Gasteiger charge is -2.24. The van der Waals surface area contributed by atoms with Crippen molar-refractivity contribution in [3.05, 3.63) is 106 Å². The lowest BCUT2D eigenvalue weighted by atomic mass is 9.95. The first-order chi connectivity index (χ1) is 14.9. The second kappa shape index (κ2) is 7.79. The van der Waals surface area contributed by atoms with E-state index in [1.807, 2.05) is 0 Å². The molecule has 2 heterocycles. The normalized spacial score (nSPS) is 17.7. The molecule has 0 unspecified atom stereocenters. The highest BCUT2D eigenvalue weighted by Gasteiger charge is 2.47. The number of carbonyl (C=O) groups excluding carboxylic acids is 2. The maximum Gasteiger partial charge on any atom is 0.301 e. The third-order valence-corrected chi connectivity index (χ3v) is 4.88. The van der Waals surface area contributed by atoms with Crippen LogP contribution in [0.15, 0.2) is 78.5 Å². The topological polar surface area (TPSA) is 114 Å². The summed E-state index contributed by atoms with van der Waals surface area (Å²) in [5.41, 5.74) is 0.0862. The van der Waals surface area contributed by atoms with Crippen molar-refractivity contribution in [1.82, 2.24) is 4.98 Å². The summed E-state index contributed by atoms with van der Waals surface area (Å²) in [5, 5.41) is 21.8. The van der Waals surface area contributed by atoms with Crippen LogP contribution in [0.2, 0.25) is 0 Å². The minimum absolute atomic E-state index is 0.122. The number of rotatable bonds is 4. The number of aromatic nitrogens is 1. The minimum Gasteiger partial charge on any atom is -0.507 e. The van der Waals surface area contributed by atoms with Gasteiger partial charge >= 0.3 is 5.91 Å². The number of nitro groups is 1. The smallest absolute Gasteiger partial charge is 0.301 e. The number of pyridine rings is 1. The molecule has 2 aromatic carbocycles. The second-order valence-electron chi connectivity index (χ2n) is 6.71. The van der Waals surface area contributed by atoms with Crippen LogP contribution in [0.5, 0.6) is 0 Å². The fraction of sp³-hybridized carbons (Fsp3) is 0.0455. The Morgan fingerprint density at radius 2 is 1.71 bits per heavy atom. The van der Waals surface area contributed by atoms with Gasteiger partial charge in [-0.3, -0.25) is 24.6 Å². The van der Waals surface area contributed by atoms with E-state index in [-0.39, 0.29) is 22.6 Å². The van der Waals surface area contributed by atoms with Gasteiger partial charge in [0, 0.05) is 23.9 Å². The number of non-ortho nitro benzene ring substituents is 1. The van der Waals surface area contributed by atoms with Crippen LogP contribution in [0.3, 0.4) is 0 Å². The molecule has 0 aliphatic carbocycles. The molecule has 31 heavy (non-hydrogen) atoms. The Kier molecular flexibility index (Phi) is 5.00. The number of hydrogen-bond acceptors (Lipinski definition) is 6. The standard InChI is InChI=1S/C22H14FN3O5/c23-15-8-4-13(5-9-15)19-18(20(27)14-6-10-16(11-7-14)26(30)31)21(28)22(29)25(19)17-3-1-2-12-24-17/h1-12,19,27H/t19-/m1/s1. The number of nitro benzene ring substituents is 1. The van der Waals surface area contributed by atoms with E-state index in [0.29, 0.717) is 5.56 Å². The summed E-state index contributed by atoms with van der Waals surface area (Å²) in [6, 6.07) is 13.8. The third kappa shape index (κ3) is 3.52. The molecule has 8 nitrogen and oxygen atoms in total. The number of aliphatic hydroxyl groups excluding tert-OH is 1. The molecule has 1 atom stereocenters. The minimum atomic E-state index is -1.06. The molecule has 3 aromatic rings. The van der Waals surface area contributed by atoms with E-state index in [4.69, 9.17) is 0 Å². The van der Waals surface area contributed by atoms with Gasteiger partial charge in [-0.05, 0) is 42.0 Å². The molecule has 1 fully saturated rings. The average Bonchev–Trinajstić information content (AvgIpc) is 3.05. The summed E-state index contributed by atoms with van der Waals surface area (Å²) in [7, 11) is 0. The zero-order valence-electron chi connectivity index (χ0n) is 15.8. The van der Waals surface area contributed by atoms with Crippen molar-refractivity contribution in [3.8, 4) is 0 Å². The maximum absolute atomic E-state index is 13.5. The van der Waals surface area contributed by atoms with E-state index < -0.39 is 34.2 Å². The Labute approximate surface area is 175 Å². The monoisotopic (exact) mass is 419 g/mol. The van der Waals surface area contributed by atoms with Crippen LogP contribution in [0.4, 0.5) is 15.9 Å². The molecule has 4 rings (SSSR count). The van der Waals surface area contributed by atoms with Crippen molar-refractivity contribution in [2.24, 2.45) is 0 Å². The number of nitrogens with zero attached hydrogens (tertiary/aromatic N) is 3. The summed E-state index contributed by atoms with van der Waals surface area (Å²) < 4.78 is 13.5. The van der Waals surface area contributed by atoms with Crippen LogP contribution < -0.4 is 4.90 Å². The molecule has 9 heteroatoms. The summed E-state index contributed by atoms with van der Waals surface area (Å²) in [6.45, 7) is 0. The Hall–Kier alpha value is -4.40. The van der Waals surface area contributed by atoms with Gasteiger partial charge < -0.3 is 5.11 Å². The maximum atomic E-state index is 13.5. The number of halogens is 1. The number of ketones is 1. The van der Waals surface area contributed by atoms with E-state index in [0.717, 1.165) is 4.90 Å². The molecule has 1 amide bonds. The molecule has 1 N–H and O–H groups in total. The Bertz CT molecular complexity index is 1210. The first-order valence-electron chi connectivity index (χ1n) is 9.11. The van der Waals surface area contributed by atoms with E-state index >= 15 is 0 Å². The van der Waals surface area contributed by atoms with Crippen molar-refractivity contribution in [3.63, 3.8) is 0 Å². The van der Waals surface area contributed by atoms with Crippen molar-refractivity contribution >= 4 is 29.0 Å². The highest BCUT2D eigenvalue weighted by molar-refractivity contribution is 6.51. The van der Waals surface area contributed by atoms with E-state index in [2.05, 4.69) is 4.98 Å². The molecule has 0 radical (unpaired) electrons. The van der Waals surface area contributed by atoms with Crippen LogP contribution >= 0.6 is 0 Å². The molecule has 1 aromatic heterocycles. The molecule has 0 saturated carbocycles. The number of amides is 1. The van der Waals surface area contributed by atoms with E-state index in [9.17, 15) is 29.2 Å². The van der Waals surface area contributed by atoms with Gasteiger partial charge in [-0.1, -0.05) is 18.2 Å². The van der Waals surface area contributed by atoms with Crippen molar-refractivity contribution in [1.29, 1.82) is 0 Å². The summed E-state index contributed by atoms with van der Waals surface area (Å²) in [5.74, 6) is -2.68. The number of Topliss-reactive ketones (excluding diaryl/α,β-unsaturated/α-hetero) is 1. The number of hydrogen-bond donors (Lipinski definition) is 1. The average molecular weight is 419 g/mol. The molecular formula is C22H14FN3O5. The van der Waals surface area contributed by atoms with Gasteiger partial charge in [-0.15, -0.1) is 0 Å². The molecule has 1 aliphatic heterocycles. The second-order valence-corrected chi connectivity index (χ2v) is 6.71.